The maximum atomic E-state index is 12.6. The van der Waals surface area contributed by atoms with Gasteiger partial charge < -0.3 is 10.6 Å². The lowest BCUT2D eigenvalue weighted by atomic mass is 10.1. The van der Waals surface area contributed by atoms with Crippen LogP contribution >= 0.6 is 0 Å². The Labute approximate surface area is 153 Å². The number of aryl methyl sites for hydroxylation is 2. The van der Waals surface area contributed by atoms with E-state index in [0.717, 1.165) is 16.8 Å². The number of hydrogen-bond acceptors (Lipinski definition) is 6. The molecule has 1 aromatic carbocycles. The topological polar surface area (TPSA) is 101 Å². The molecule has 0 aliphatic carbocycles. The Hall–Kier alpha value is -2.48. The minimum absolute atomic E-state index is 0.0834. The Morgan fingerprint density at radius 1 is 1.19 bits per heavy atom. The number of anilines is 2. The molecule has 1 aliphatic rings. The van der Waals surface area contributed by atoms with E-state index in [0.29, 0.717) is 18.1 Å². The summed E-state index contributed by atoms with van der Waals surface area (Å²) in [5.41, 5.74) is 3.07. The number of sulfone groups is 1. The molecule has 8 heteroatoms. The van der Waals surface area contributed by atoms with E-state index in [-0.39, 0.29) is 29.1 Å². The first-order valence-electron chi connectivity index (χ1n) is 8.44. The van der Waals surface area contributed by atoms with Crippen molar-refractivity contribution in [1.29, 1.82) is 0 Å². The summed E-state index contributed by atoms with van der Waals surface area (Å²) in [5, 5.41) is 5.98. The number of carbonyl (C=O) groups is 1. The van der Waals surface area contributed by atoms with Crippen LogP contribution in [0.4, 0.5) is 11.5 Å². The second-order valence-electron chi connectivity index (χ2n) is 6.63. The van der Waals surface area contributed by atoms with Crippen LogP contribution in [0.5, 0.6) is 0 Å². The molecule has 26 heavy (non-hydrogen) atoms. The number of nitrogens with one attached hydrogen (secondary N) is 2. The minimum atomic E-state index is -2.99. The Bertz CT molecular complexity index is 957. The second-order valence-corrected chi connectivity index (χ2v) is 8.86. The van der Waals surface area contributed by atoms with Gasteiger partial charge in [-0.1, -0.05) is 12.1 Å². The third kappa shape index (κ3) is 4.19. The molecule has 2 N–H and O–H groups in total. The van der Waals surface area contributed by atoms with Gasteiger partial charge in [-0.25, -0.2) is 18.4 Å². The monoisotopic (exact) mass is 374 g/mol. The first-order valence-corrected chi connectivity index (χ1v) is 10.3. The molecule has 1 unspecified atom stereocenters. The number of carbonyl (C=O) groups excluding carboxylic acids is 1. The van der Waals surface area contributed by atoms with Gasteiger partial charge in [0.15, 0.2) is 9.84 Å². The van der Waals surface area contributed by atoms with Crippen molar-refractivity contribution >= 4 is 27.2 Å². The Balaban J connectivity index is 1.78. The maximum Gasteiger partial charge on any atom is 0.274 e. The van der Waals surface area contributed by atoms with E-state index in [1.807, 2.05) is 32.0 Å². The van der Waals surface area contributed by atoms with E-state index in [2.05, 4.69) is 20.6 Å². The largest absolute Gasteiger partial charge is 0.366 e. The van der Waals surface area contributed by atoms with Crippen molar-refractivity contribution in [2.75, 3.05) is 22.1 Å². The zero-order valence-corrected chi connectivity index (χ0v) is 15.9. The molecule has 1 saturated heterocycles. The van der Waals surface area contributed by atoms with Gasteiger partial charge in [0.05, 0.1) is 11.5 Å². The molecule has 2 heterocycles. The van der Waals surface area contributed by atoms with Gasteiger partial charge in [-0.05, 0) is 44.4 Å². The van der Waals surface area contributed by atoms with Gasteiger partial charge in [0, 0.05) is 17.8 Å². The van der Waals surface area contributed by atoms with Gasteiger partial charge >= 0.3 is 0 Å². The van der Waals surface area contributed by atoms with E-state index < -0.39 is 9.84 Å². The molecule has 0 spiro atoms. The molecule has 0 bridgehead atoms. The molecule has 1 aliphatic heterocycles. The lowest BCUT2D eigenvalue weighted by molar-refractivity contribution is 0.102. The van der Waals surface area contributed by atoms with Crippen molar-refractivity contribution in [3.05, 3.63) is 46.9 Å². The van der Waals surface area contributed by atoms with Crippen molar-refractivity contribution < 1.29 is 13.2 Å². The fourth-order valence-electron chi connectivity index (χ4n) is 2.95. The molecule has 7 nitrogen and oxygen atoms in total. The second kappa shape index (κ2) is 7.03. The van der Waals surface area contributed by atoms with Gasteiger partial charge in [0.2, 0.25) is 0 Å². The first kappa shape index (κ1) is 18.3. The van der Waals surface area contributed by atoms with Crippen LogP contribution in [0.25, 0.3) is 0 Å². The highest BCUT2D eigenvalue weighted by Crippen LogP contribution is 2.20. The average Bonchev–Trinajstić information content (AvgIpc) is 2.90. The number of benzene rings is 1. The van der Waals surface area contributed by atoms with Gasteiger partial charge in [-0.15, -0.1) is 0 Å². The molecule has 1 aromatic heterocycles. The fraction of sp³-hybridized carbons (Fsp3) is 0.389. The quantitative estimate of drug-likeness (QED) is 0.851. The summed E-state index contributed by atoms with van der Waals surface area (Å²) in [6, 6.07) is 7.08. The van der Waals surface area contributed by atoms with Crippen molar-refractivity contribution in [1.82, 2.24) is 9.97 Å². The van der Waals surface area contributed by atoms with Crippen LogP contribution in [0.15, 0.2) is 24.3 Å². The molecule has 1 atom stereocenters. The standard InChI is InChI=1S/C18H22N4O3S/c1-11-5-4-6-15(12(11)2)22-18(23)16-9-17(20-13(3)19-16)21-14-7-8-26(24,25)10-14/h4-6,9,14H,7-8,10H2,1-3H3,(H,22,23)(H,19,20,21). The van der Waals surface area contributed by atoms with Crippen LogP contribution in [-0.2, 0) is 9.84 Å². The summed E-state index contributed by atoms with van der Waals surface area (Å²) < 4.78 is 23.2. The third-order valence-electron chi connectivity index (χ3n) is 4.51. The van der Waals surface area contributed by atoms with Gasteiger partial charge in [-0.3, -0.25) is 4.79 Å². The zero-order valence-electron chi connectivity index (χ0n) is 15.0. The molecule has 1 amide bonds. The van der Waals surface area contributed by atoms with Crippen molar-refractivity contribution in [3.8, 4) is 0 Å². The minimum Gasteiger partial charge on any atom is -0.366 e. The Morgan fingerprint density at radius 2 is 1.96 bits per heavy atom. The molecule has 1 fully saturated rings. The van der Waals surface area contributed by atoms with E-state index in [4.69, 9.17) is 0 Å². The summed E-state index contributed by atoms with van der Waals surface area (Å²) in [6.45, 7) is 5.63. The molecular formula is C18H22N4O3S. The van der Waals surface area contributed by atoms with E-state index in [1.165, 1.54) is 0 Å². The van der Waals surface area contributed by atoms with Crippen molar-refractivity contribution in [2.45, 2.75) is 33.2 Å². The molecule has 2 aromatic rings. The molecule has 138 valence electrons. The highest BCUT2D eigenvalue weighted by Gasteiger charge is 2.28. The van der Waals surface area contributed by atoms with E-state index in [9.17, 15) is 13.2 Å². The normalized spacial score (nSPS) is 18.5. The highest BCUT2D eigenvalue weighted by atomic mass is 32.2. The van der Waals surface area contributed by atoms with Crippen molar-refractivity contribution in [2.24, 2.45) is 0 Å². The van der Waals surface area contributed by atoms with Crippen LogP contribution in [0, 0.1) is 20.8 Å². The number of rotatable bonds is 4. The summed E-state index contributed by atoms with van der Waals surface area (Å²) >= 11 is 0. The molecule has 0 radical (unpaired) electrons. The lowest BCUT2D eigenvalue weighted by Gasteiger charge is -2.14. The molecular weight excluding hydrogens is 352 g/mol. The van der Waals surface area contributed by atoms with E-state index >= 15 is 0 Å². The number of aromatic nitrogens is 2. The van der Waals surface area contributed by atoms with Crippen molar-refractivity contribution in [3.63, 3.8) is 0 Å². The van der Waals surface area contributed by atoms with Gasteiger partial charge in [0.1, 0.15) is 17.3 Å². The van der Waals surface area contributed by atoms with E-state index in [1.54, 1.807) is 13.0 Å². The predicted molar refractivity (Wildman–Crippen MR) is 101 cm³/mol. The third-order valence-corrected chi connectivity index (χ3v) is 6.28. The van der Waals surface area contributed by atoms with Crippen LogP contribution < -0.4 is 10.6 Å². The Kier molecular flexibility index (Phi) is 4.95. The summed E-state index contributed by atoms with van der Waals surface area (Å²) in [4.78, 5) is 21.1. The zero-order chi connectivity index (χ0) is 18.9. The summed E-state index contributed by atoms with van der Waals surface area (Å²) in [5.74, 6) is 0.841. The number of amides is 1. The number of hydrogen-bond donors (Lipinski definition) is 2. The fourth-order valence-corrected chi connectivity index (χ4v) is 4.62. The SMILES string of the molecule is Cc1nc(NC2CCS(=O)(=O)C2)cc(C(=O)Nc2cccc(C)c2C)n1. The average molecular weight is 374 g/mol. The van der Waals surface area contributed by atoms with Gasteiger partial charge in [-0.2, -0.15) is 0 Å². The highest BCUT2D eigenvalue weighted by molar-refractivity contribution is 7.91. The maximum absolute atomic E-state index is 12.6. The van der Waals surface area contributed by atoms with Crippen LogP contribution in [0.2, 0.25) is 0 Å². The van der Waals surface area contributed by atoms with Gasteiger partial charge in [0.25, 0.3) is 5.91 Å². The predicted octanol–water partition coefficient (Wildman–Crippen LogP) is 2.25. The van der Waals surface area contributed by atoms with Crippen LogP contribution in [0.3, 0.4) is 0 Å². The van der Waals surface area contributed by atoms with Crippen LogP contribution in [-0.4, -0.2) is 41.8 Å². The smallest absolute Gasteiger partial charge is 0.274 e. The molecule has 3 rings (SSSR count). The van der Waals surface area contributed by atoms with Crippen LogP contribution in [0.1, 0.15) is 33.9 Å². The summed E-state index contributed by atoms with van der Waals surface area (Å²) in [6.07, 6.45) is 0.537. The summed E-state index contributed by atoms with van der Waals surface area (Å²) in [7, 11) is -2.99. The number of nitrogens with zero attached hydrogens (tertiary/aromatic N) is 2. The molecule has 0 saturated carbocycles. The lowest BCUT2D eigenvalue weighted by Crippen LogP contribution is -2.22. The first-order chi connectivity index (χ1) is 12.2. The Morgan fingerprint density at radius 3 is 2.65 bits per heavy atom.